The Morgan fingerprint density at radius 1 is 0.625 bits per heavy atom. The van der Waals surface area contributed by atoms with E-state index in [0.717, 1.165) is 93.1 Å². The number of allylic oxidation sites excluding steroid dienone is 1. The highest BCUT2D eigenvalue weighted by molar-refractivity contribution is 6.31. The van der Waals surface area contributed by atoms with Crippen LogP contribution in [0.3, 0.4) is 0 Å². The first-order valence-electron chi connectivity index (χ1n) is 23.0. The summed E-state index contributed by atoms with van der Waals surface area (Å²) in [5.41, 5.74) is 12.1. The minimum absolute atomic E-state index is 0. The van der Waals surface area contributed by atoms with Crippen molar-refractivity contribution in [1.82, 2.24) is 39.7 Å². The van der Waals surface area contributed by atoms with Crippen LogP contribution >= 0.6 is 23.2 Å². The first-order valence-corrected chi connectivity index (χ1v) is 23.7. The number of hydrogen-bond donors (Lipinski definition) is 2. The van der Waals surface area contributed by atoms with Crippen LogP contribution in [0.1, 0.15) is 140 Å². The number of fused-ring (bicyclic) bond motifs is 4. The molecule has 2 aliphatic heterocycles. The van der Waals surface area contributed by atoms with Gasteiger partial charge < -0.3 is 19.8 Å². The summed E-state index contributed by atoms with van der Waals surface area (Å²) in [5.74, 6) is 4.53. The Bertz CT molecular complexity index is 2460. The number of aromatic nitrogens is 6. The van der Waals surface area contributed by atoms with Crippen LogP contribution in [-0.4, -0.2) is 55.2 Å². The molecule has 10 rings (SSSR count). The van der Waals surface area contributed by atoms with Crippen molar-refractivity contribution in [2.75, 3.05) is 26.2 Å². The third kappa shape index (κ3) is 10.6. The summed E-state index contributed by atoms with van der Waals surface area (Å²) in [5, 5.41) is 8.69. The van der Waals surface area contributed by atoms with E-state index in [1.54, 1.807) is 0 Å². The Morgan fingerprint density at radius 3 is 1.84 bits per heavy atom. The number of pyridine rings is 2. The number of imidazole rings is 2. The quantitative estimate of drug-likeness (QED) is 0.142. The maximum absolute atomic E-state index is 6.48. The first kappa shape index (κ1) is 47.4. The maximum atomic E-state index is 6.48. The molecule has 0 bridgehead atoms. The number of piperidine rings is 2. The molecule has 2 aliphatic carbocycles. The summed E-state index contributed by atoms with van der Waals surface area (Å²) in [7, 11) is 0. The lowest BCUT2D eigenvalue weighted by molar-refractivity contribution is 0.338. The molecule has 0 radical (unpaired) electrons. The van der Waals surface area contributed by atoms with E-state index in [4.69, 9.17) is 33.2 Å². The monoisotopic (exact) mass is 898 g/mol. The number of rotatable bonds is 10. The van der Waals surface area contributed by atoms with Crippen molar-refractivity contribution in [2.45, 2.75) is 117 Å². The van der Waals surface area contributed by atoms with Crippen LogP contribution < -0.4 is 10.6 Å². The van der Waals surface area contributed by atoms with Crippen LogP contribution in [0.15, 0.2) is 97.8 Å². The topological polar surface area (TPSA) is 85.5 Å². The summed E-state index contributed by atoms with van der Waals surface area (Å²) >= 11 is 12.9. The molecule has 8 nitrogen and oxygen atoms in total. The predicted octanol–water partition coefficient (Wildman–Crippen LogP) is 12.5. The second-order valence-corrected chi connectivity index (χ2v) is 18.7. The molecule has 10 heteroatoms. The Labute approximate surface area is 392 Å². The molecule has 6 heterocycles. The van der Waals surface area contributed by atoms with E-state index in [2.05, 4.69) is 117 Å². The van der Waals surface area contributed by atoms with Gasteiger partial charge in [-0.1, -0.05) is 68.4 Å². The minimum atomic E-state index is 0. The highest BCUT2D eigenvalue weighted by Gasteiger charge is 2.36. The number of benzene rings is 2. The molecule has 2 saturated heterocycles. The van der Waals surface area contributed by atoms with Gasteiger partial charge in [-0.2, -0.15) is 0 Å². The molecule has 2 fully saturated rings. The number of aryl methyl sites for hydroxylation is 4. The van der Waals surface area contributed by atoms with Crippen LogP contribution in [0.4, 0.5) is 0 Å². The van der Waals surface area contributed by atoms with Crippen molar-refractivity contribution in [3.05, 3.63) is 164 Å². The van der Waals surface area contributed by atoms with Gasteiger partial charge in [-0.05, 0) is 191 Å². The first-order chi connectivity index (χ1) is 30.4. The van der Waals surface area contributed by atoms with E-state index in [1.807, 2.05) is 30.9 Å². The summed E-state index contributed by atoms with van der Waals surface area (Å²) in [6.07, 6.45) is 24.4. The second kappa shape index (κ2) is 22.1. The largest absolute Gasteiger partial charge is 0.335 e. The lowest BCUT2D eigenvalue weighted by Crippen LogP contribution is -2.32. The molecular weight excluding hydrogens is 832 g/mol. The van der Waals surface area contributed by atoms with Gasteiger partial charge in [-0.3, -0.25) is 9.97 Å². The van der Waals surface area contributed by atoms with Gasteiger partial charge in [-0.25, -0.2) is 9.97 Å². The molecule has 3 atom stereocenters. The fraction of sp³-hybridized carbons (Fsp3) is 0.444. The highest BCUT2D eigenvalue weighted by atomic mass is 35.5. The van der Waals surface area contributed by atoms with Crippen molar-refractivity contribution in [3.63, 3.8) is 0 Å². The van der Waals surface area contributed by atoms with E-state index in [0.29, 0.717) is 29.6 Å². The van der Waals surface area contributed by atoms with Gasteiger partial charge in [0.15, 0.2) is 0 Å². The van der Waals surface area contributed by atoms with Gasteiger partial charge in [0.2, 0.25) is 0 Å². The SMILES string of the molecule is C.C.Cc1nccn1CCCC1=Cc2cc(Cl)ccc2C(C2CCNCC2)c2ncccc21.Cc1nccn1CCCC1Cc2cc(Cl)ccc2C(C2CCNCC2)c2ncccc21. The molecule has 2 aromatic carbocycles. The van der Waals surface area contributed by atoms with E-state index in [-0.39, 0.29) is 14.9 Å². The van der Waals surface area contributed by atoms with E-state index >= 15 is 0 Å². The lowest BCUT2D eigenvalue weighted by Gasteiger charge is -2.32. The molecule has 64 heavy (non-hydrogen) atoms. The molecule has 0 amide bonds. The van der Waals surface area contributed by atoms with Crippen molar-refractivity contribution in [1.29, 1.82) is 0 Å². The predicted molar refractivity (Wildman–Crippen MR) is 266 cm³/mol. The van der Waals surface area contributed by atoms with Gasteiger partial charge in [0.25, 0.3) is 0 Å². The Hall–Kier alpha value is -4.60. The lowest BCUT2D eigenvalue weighted by atomic mass is 9.76. The van der Waals surface area contributed by atoms with Gasteiger partial charge in [-0.15, -0.1) is 0 Å². The molecular formula is C54H68Cl2N8. The standard InChI is InChI=1S/C26H31ClN4.C26H29ClN4.2CH4/c2*1-18-29-13-15-31(18)14-3-4-20-16-21-17-22(27)6-7-23(21)25(19-8-11-28-12-9-19)26-24(20)5-2-10-30-26;;/h2,5-7,10,13,15,17,19-20,25,28H,3-4,8-9,11-12,14,16H2,1H3;2,5-7,10,13,15-17,19,25,28H,3-4,8-9,11-12,14H2,1H3;2*1H4. The molecule has 0 saturated carbocycles. The zero-order valence-electron chi connectivity index (χ0n) is 36.2. The number of nitrogens with zero attached hydrogens (tertiary/aromatic N) is 6. The smallest absolute Gasteiger partial charge is 0.105 e. The van der Waals surface area contributed by atoms with Crippen molar-refractivity contribution in [3.8, 4) is 0 Å². The Morgan fingerprint density at radius 2 is 1.20 bits per heavy atom. The molecule has 4 aliphatic rings. The summed E-state index contributed by atoms with van der Waals surface area (Å²) in [6.45, 7) is 10.5. The fourth-order valence-electron chi connectivity index (χ4n) is 10.9. The molecule has 338 valence electrons. The van der Waals surface area contributed by atoms with E-state index < -0.39 is 0 Å². The number of halogens is 2. The van der Waals surface area contributed by atoms with Gasteiger partial charge in [0.05, 0.1) is 11.4 Å². The molecule has 0 spiro atoms. The second-order valence-electron chi connectivity index (χ2n) is 17.8. The molecule has 3 unspecified atom stereocenters. The summed E-state index contributed by atoms with van der Waals surface area (Å²) in [6, 6.07) is 21.8. The van der Waals surface area contributed by atoms with Gasteiger partial charge in [0, 0.05) is 72.2 Å². The number of nitrogens with one attached hydrogen (secondary N) is 2. The average Bonchev–Trinajstić information content (AvgIpc) is 3.84. The van der Waals surface area contributed by atoms with Crippen molar-refractivity contribution < 1.29 is 0 Å². The van der Waals surface area contributed by atoms with Gasteiger partial charge in [0.1, 0.15) is 11.6 Å². The van der Waals surface area contributed by atoms with Crippen LogP contribution in [0.25, 0.3) is 11.6 Å². The zero-order valence-corrected chi connectivity index (χ0v) is 37.8. The zero-order chi connectivity index (χ0) is 42.4. The fourth-order valence-corrected chi connectivity index (χ4v) is 11.3. The van der Waals surface area contributed by atoms with Crippen molar-refractivity contribution in [2.24, 2.45) is 11.8 Å². The molecule has 4 aromatic heterocycles. The van der Waals surface area contributed by atoms with Crippen LogP contribution in [0.2, 0.25) is 10.0 Å². The van der Waals surface area contributed by atoms with E-state index in [1.165, 1.54) is 76.0 Å². The number of hydrogen-bond acceptors (Lipinski definition) is 6. The Balaban J connectivity index is 0.000000186. The third-order valence-electron chi connectivity index (χ3n) is 14.1. The average molecular weight is 900 g/mol. The van der Waals surface area contributed by atoms with Crippen LogP contribution in [0, 0.1) is 25.7 Å². The maximum Gasteiger partial charge on any atom is 0.105 e. The molecule has 6 aromatic rings. The summed E-state index contributed by atoms with van der Waals surface area (Å²) < 4.78 is 4.48. The van der Waals surface area contributed by atoms with E-state index in [9.17, 15) is 0 Å². The Kier molecular flexibility index (Phi) is 16.3. The van der Waals surface area contributed by atoms with Crippen LogP contribution in [-0.2, 0) is 19.5 Å². The van der Waals surface area contributed by atoms with Crippen LogP contribution in [0.5, 0.6) is 0 Å². The van der Waals surface area contributed by atoms with Gasteiger partial charge >= 0.3 is 0 Å². The summed E-state index contributed by atoms with van der Waals surface area (Å²) in [4.78, 5) is 18.7. The highest BCUT2D eigenvalue weighted by Crippen LogP contribution is 2.47. The third-order valence-corrected chi connectivity index (χ3v) is 14.5. The molecule has 2 N–H and O–H groups in total. The normalized spacial score (nSPS) is 19.4. The minimum Gasteiger partial charge on any atom is -0.335 e. The van der Waals surface area contributed by atoms with Crippen molar-refractivity contribution >= 4 is 34.9 Å².